The minimum absolute atomic E-state index is 0. The summed E-state index contributed by atoms with van der Waals surface area (Å²) in [5, 5.41) is 0. The first-order valence-electron chi connectivity index (χ1n) is 3.37. The Balaban J connectivity index is 0. The average Bonchev–Trinajstić information content (AvgIpc) is 1.87. The summed E-state index contributed by atoms with van der Waals surface area (Å²) in [6.07, 6.45) is 0. The van der Waals surface area contributed by atoms with Gasteiger partial charge in [-0.15, -0.1) is 0 Å². The van der Waals surface area contributed by atoms with Gasteiger partial charge in [-0.3, -0.25) is 0 Å². The van der Waals surface area contributed by atoms with Crippen LogP contribution in [0.5, 0.6) is 0 Å². The van der Waals surface area contributed by atoms with Gasteiger partial charge in [0.05, 0.1) is 0 Å². The quantitative estimate of drug-likeness (QED) is 0.474. The van der Waals surface area contributed by atoms with Gasteiger partial charge in [0.2, 0.25) is 0 Å². The fourth-order valence-electron chi connectivity index (χ4n) is 0.750. The molecule has 0 rings (SSSR count). The Labute approximate surface area is 94.1 Å². The van der Waals surface area contributed by atoms with Gasteiger partial charge < -0.3 is 0 Å². The van der Waals surface area contributed by atoms with E-state index in [9.17, 15) is 0 Å². The number of hydrogen-bond acceptors (Lipinski definition) is 0. The zero-order chi connectivity index (χ0) is 6.62. The molecule has 0 radical (unpaired) electrons. The van der Waals surface area contributed by atoms with E-state index in [4.69, 9.17) is 11.1 Å². The summed E-state index contributed by atoms with van der Waals surface area (Å²) >= 11 is 6.23. The number of halogens is 1. The van der Waals surface area contributed by atoms with Gasteiger partial charge in [0.25, 0.3) is 0 Å². The third kappa shape index (κ3) is 5.08. The Morgan fingerprint density at radius 2 is 1.22 bits per heavy atom. The molecule has 0 aliphatic rings. The number of hydrogen-bond donors (Lipinski definition) is 0. The van der Waals surface area contributed by atoms with Crippen molar-refractivity contribution in [1.29, 1.82) is 0 Å². The molecule has 0 spiro atoms. The van der Waals surface area contributed by atoms with E-state index < -0.39 is 7.38 Å². The molecule has 0 nitrogen and oxygen atoms in total. The molecule has 9 heavy (non-hydrogen) atoms. The van der Waals surface area contributed by atoms with Crippen molar-refractivity contribution < 1.29 is 37.7 Å². The molecule has 3 heteroatoms. The van der Waals surface area contributed by atoms with Crippen LogP contribution >= 0.6 is 11.1 Å². The second-order valence-corrected chi connectivity index (χ2v) is 9.04. The molecule has 0 bridgehead atoms. The number of rotatable bonds is 3. The van der Waals surface area contributed by atoms with Crippen molar-refractivity contribution in [1.82, 2.24) is 0 Å². The SMILES string of the molecule is CC[Si](Cl)(CC)CC.[Ar]. The molecule has 0 aliphatic carbocycles. The van der Waals surface area contributed by atoms with Crippen LogP contribution in [0.4, 0.5) is 0 Å². The van der Waals surface area contributed by atoms with Gasteiger partial charge >= 0.3 is 0 Å². The van der Waals surface area contributed by atoms with Crippen molar-refractivity contribution in [3.63, 3.8) is 0 Å². The molecule has 0 amide bonds. The van der Waals surface area contributed by atoms with E-state index in [1.54, 1.807) is 0 Å². The molecule has 0 N–H and O–H groups in total. The first-order valence-corrected chi connectivity index (χ1v) is 7.00. The third-order valence-electron chi connectivity index (χ3n) is 1.90. The molecule has 0 atom stereocenters. The zero-order valence-corrected chi connectivity index (χ0v) is 8.82. The van der Waals surface area contributed by atoms with Gasteiger partial charge in [0, 0.05) is 37.7 Å². The molecular formula is C6H15ArClSi. The van der Waals surface area contributed by atoms with Gasteiger partial charge in [0.15, 0.2) is 7.38 Å². The summed E-state index contributed by atoms with van der Waals surface area (Å²) in [4.78, 5) is 0. The predicted octanol–water partition coefficient (Wildman–Crippen LogP) is 3.23. The molecule has 0 aromatic heterocycles. The summed E-state index contributed by atoms with van der Waals surface area (Å²) in [6, 6.07) is 3.67. The topological polar surface area (TPSA) is 0 Å². The van der Waals surface area contributed by atoms with Crippen LogP contribution in [0.1, 0.15) is 20.8 Å². The molecule has 58 valence electrons. The van der Waals surface area contributed by atoms with Gasteiger partial charge in [-0.25, -0.2) is 0 Å². The summed E-state index contributed by atoms with van der Waals surface area (Å²) in [5.41, 5.74) is 0. The monoisotopic (exact) mass is 190 g/mol. The van der Waals surface area contributed by atoms with E-state index >= 15 is 0 Å². The van der Waals surface area contributed by atoms with Crippen LogP contribution in [0.15, 0.2) is 0 Å². The first kappa shape index (κ1) is 13.4. The Hall–Kier alpha value is 1.77. The summed E-state index contributed by atoms with van der Waals surface area (Å²) in [5.74, 6) is 0. The van der Waals surface area contributed by atoms with E-state index in [-0.39, 0.29) is 37.7 Å². The molecular weight excluding hydrogens is 176 g/mol. The van der Waals surface area contributed by atoms with Crippen LogP contribution in [0.3, 0.4) is 0 Å². The maximum absolute atomic E-state index is 6.23. The fraction of sp³-hybridized carbons (Fsp3) is 1.00. The smallest absolute Gasteiger partial charge is 0.155 e. The Morgan fingerprint density at radius 3 is 1.22 bits per heavy atom. The van der Waals surface area contributed by atoms with Crippen LogP contribution in [-0.2, 0) is 0 Å². The molecule has 0 aromatic carbocycles. The maximum atomic E-state index is 6.23. The van der Waals surface area contributed by atoms with Gasteiger partial charge in [-0.1, -0.05) is 20.8 Å². The molecule has 0 unspecified atom stereocenters. The summed E-state index contributed by atoms with van der Waals surface area (Å²) in [7, 11) is -1.20. The maximum Gasteiger partial charge on any atom is 0.155 e. The van der Waals surface area contributed by atoms with Crippen molar-refractivity contribution in [2.45, 2.75) is 38.9 Å². The van der Waals surface area contributed by atoms with Crippen LogP contribution < -0.4 is 0 Å². The summed E-state index contributed by atoms with van der Waals surface area (Å²) < 4.78 is 0. The second-order valence-electron chi connectivity index (χ2n) is 2.21. The van der Waals surface area contributed by atoms with Gasteiger partial charge in [-0.2, -0.15) is 11.1 Å². The van der Waals surface area contributed by atoms with Crippen molar-refractivity contribution in [2.24, 2.45) is 0 Å². The van der Waals surface area contributed by atoms with Crippen LogP contribution in [0, 0.1) is 37.7 Å². The van der Waals surface area contributed by atoms with Gasteiger partial charge in [0.1, 0.15) is 0 Å². The van der Waals surface area contributed by atoms with Crippen LogP contribution in [0.25, 0.3) is 0 Å². The van der Waals surface area contributed by atoms with Crippen molar-refractivity contribution in [3.05, 3.63) is 0 Å². The fourth-order valence-corrected chi connectivity index (χ4v) is 2.25. The Bertz CT molecular complexity index is 55.8. The van der Waals surface area contributed by atoms with E-state index in [0.29, 0.717) is 0 Å². The molecule has 0 saturated heterocycles. The minimum atomic E-state index is -1.20. The molecule has 0 heterocycles. The van der Waals surface area contributed by atoms with E-state index in [1.165, 1.54) is 18.1 Å². The molecule has 0 aliphatic heterocycles. The van der Waals surface area contributed by atoms with E-state index in [0.717, 1.165) is 0 Å². The standard InChI is InChI=1S/C6H15ClSi.Ar/c1-4-8(7,5-2)6-3;/h4-6H2,1-3H3;. The second kappa shape index (κ2) is 6.48. The van der Waals surface area contributed by atoms with Gasteiger partial charge in [-0.05, 0) is 18.1 Å². The normalized spacial score (nSPS) is 10.7. The van der Waals surface area contributed by atoms with E-state index in [2.05, 4.69) is 20.8 Å². The van der Waals surface area contributed by atoms with Crippen LogP contribution in [-0.4, -0.2) is 7.38 Å². The molecule has 0 saturated carbocycles. The Kier molecular flexibility index (Phi) is 9.61. The largest absolute Gasteiger partial charge is 0.167 e. The first-order chi connectivity index (χ1) is 3.68. The summed E-state index contributed by atoms with van der Waals surface area (Å²) in [6.45, 7) is 6.60. The van der Waals surface area contributed by atoms with E-state index in [1.807, 2.05) is 0 Å². The predicted molar refractivity (Wildman–Crippen MR) is 43.1 cm³/mol. The minimum Gasteiger partial charge on any atom is -0.167 e. The molecule has 0 aromatic rings. The van der Waals surface area contributed by atoms with Crippen molar-refractivity contribution in [3.8, 4) is 0 Å². The van der Waals surface area contributed by atoms with Crippen molar-refractivity contribution in [2.75, 3.05) is 0 Å². The zero-order valence-electron chi connectivity index (χ0n) is 6.35. The van der Waals surface area contributed by atoms with Crippen LogP contribution in [0.2, 0.25) is 18.1 Å². The molecule has 0 fully saturated rings. The average molecular weight is 191 g/mol. The Morgan fingerprint density at radius 1 is 1.00 bits per heavy atom. The van der Waals surface area contributed by atoms with Crippen molar-refractivity contribution >= 4 is 18.5 Å². The third-order valence-corrected chi connectivity index (χ3v) is 8.11.